The number of rotatable bonds is 6. The Balaban J connectivity index is 1.75. The van der Waals surface area contributed by atoms with E-state index in [2.05, 4.69) is 10.1 Å². The zero-order valence-electron chi connectivity index (χ0n) is 14.4. The third kappa shape index (κ3) is 3.55. The summed E-state index contributed by atoms with van der Waals surface area (Å²) in [6, 6.07) is 9.02. The summed E-state index contributed by atoms with van der Waals surface area (Å²) in [5, 5.41) is 3.99. The first-order chi connectivity index (χ1) is 12.1. The molecule has 3 rings (SSSR count). The fourth-order valence-electron chi connectivity index (χ4n) is 2.44. The SMILES string of the molecule is CCN(Cc1nc(-c2ccc(OC)cc2)no1)C(=O)c1ccoc1C. The van der Waals surface area contributed by atoms with Crippen LogP contribution in [0, 0.1) is 6.92 Å². The number of methoxy groups -OCH3 is 1. The van der Waals surface area contributed by atoms with E-state index in [1.165, 1.54) is 6.26 Å². The van der Waals surface area contributed by atoms with E-state index in [0.29, 0.717) is 29.6 Å². The molecule has 0 spiro atoms. The average Bonchev–Trinajstić information content (AvgIpc) is 3.28. The van der Waals surface area contributed by atoms with Crippen molar-refractivity contribution >= 4 is 5.91 Å². The van der Waals surface area contributed by atoms with Crippen LogP contribution < -0.4 is 4.74 Å². The fraction of sp³-hybridized carbons (Fsp3) is 0.278. The lowest BCUT2D eigenvalue weighted by atomic mass is 10.2. The van der Waals surface area contributed by atoms with Gasteiger partial charge in [0.05, 0.1) is 18.9 Å². The topological polar surface area (TPSA) is 81.6 Å². The normalized spacial score (nSPS) is 10.7. The summed E-state index contributed by atoms with van der Waals surface area (Å²) in [6.07, 6.45) is 1.50. The Morgan fingerprint density at radius 3 is 2.60 bits per heavy atom. The Labute approximate surface area is 145 Å². The number of carbonyl (C=O) groups is 1. The summed E-state index contributed by atoms with van der Waals surface area (Å²) in [7, 11) is 1.61. The van der Waals surface area contributed by atoms with Crippen LogP contribution in [0.3, 0.4) is 0 Å². The molecule has 2 aromatic heterocycles. The molecule has 3 aromatic rings. The smallest absolute Gasteiger partial charge is 0.257 e. The van der Waals surface area contributed by atoms with Crippen molar-refractivity contribution in [2.24, 2.45) is 0 Å². The van der Waals surface area contributed by atoms with E-state index in [9.17, 15) is 4.79 Å². The summed E-state index contributed by atoms with van der Waals surface area (Å²) < 4.78 is 15.6. The first-order valence-corrected chi connectivity index (χ1v) is 7.92. The lowest BCUT2D eigenvalue weighted by Gasteiger charge is -2.18. The fourth-order valence-corrected chi connectivity index (χ4v) is 2.44. The zero-order valence-corrected chi connectivity index (χ0v) is 14.4. The molecule has 0 fully saturated rings. The highest BCUT2D eigenvalue weighted by Crippen LogP contribution is 2.20. The second-order valence-electron chi connectivity index (χ2n) is 5.45. The van der Waals surface area contributed by atoms with Gasteiger partial charge in [-0.2, -0.15) is 4.98 Å². The number of nitrogens with zero attached hydrogens (tertiary/aromatic N) is 3. The van der Waals surface area contributed by atoms with E-state index in [-0.39, 0.29) is 12.5 Å². The number of carbonyl (C=O) groups excluding carboxylic acids is 1. The molecule has 0 radical (unpaired) electrons. The van der Waals surface area contributed by atoms with Crippen molar-refractivity contribution in [2.75, 3.05) is 13.7 Å². The average molecular weight is 341 g/mol. The second kappa shape index (κ2) is 7.21. The Kier molecular flexibility index (Phi) is 4.83. The number of aromatic nitrogens is 2. The minimum absolute atomic E-state index is 0.127. The van der Waals surface area contributed by atoms with Gasteiger partial charge in [-0.1, -0.05) is 5.16 Å². The quantitative estimate of drug-likeness (QED) is 0.684. The monoisotopic (exact) mass is 341 g/mol. The number of amides is 1. The van der Waals surface area contributed by atoms with Crippen LogP contribution in [-0.2, 0) is 6.54 Å². The molecule has 0 bridgehead atoms. The van der Waals surface area contributed by atoms with Crippen molar-refractivity contribution in [2.45, 2.75) is 20.4 Å². The molecule has 0 saturated carbocycles. The standard InChI is InChI=1S/C18H19N3O4/c1-4-21(18(22)15-9-10-24-12(15)2)11-16-19-17(20-25-16)13-5-7-14(23-3)8-6-13/h5-10H,4,11H2,1-3H3. The van der Waals surface area contributed by atoms with Gasteiger partial charge in [0.2, 0.25) is 11.7 Å². The van der Waals surface area contributed by atoms with Crippen molar-refractivity contribution < 1.29 is 18.5 Å². The van der Waals surface area contributed by atoms with Crippen LogP contribution in [-0.4, -0.2) is 34.6 Å². The summed E-state index contributed by atoms with van der Waals surface area (Å²) in [5.74, 6) is 2.07. The minimum atomic E-state index is -0.127. The molecular weight excluding hydrogens is 322 g/mol. The van der Waals surface area contributed by atoms with Crippen LogP contribution in [0.1, 0.15) is 28.9 Å². The predicted octanol–water partition coefficient (Wildman–Crippen LogP) is 3.31. The lowest BCUT2D eigenvalue weighted by Crippen LogP contribution is -2.30. The number of hydrogen-bond acceptors (Lipinski definition) is 6. The third-order valence-electron chi connectivity index (χ3n) is 3.90. The molecule has 1 amide bonds. The largest absolute Gasteiger partial charge is 0.497 e. The van der Waals surface area contributed by atoms with Crippen LogP contribution in [0.5, 0.6) is 5.75 Å². The molecule has 25 heavy (non-hydrogen) atoms. The molecule has 130 valence electrons. The molecule has 0 unspecified atom stereocenters. The Hall–Kier alpha value is -3.09. The highest BCUT2D eigenvalue weighted by atomic mass is 16.5. The van der Waals surface area contributed by atoms with E-state index in [1.54, 1.807) is 25.0 Å². The van der Waals surface area contributed by atoms with Crippen molar-refractivity contribution in [3.63, 3.8) is 0 Å². The first-order valence-electron chi connectivity index (χ1n) is 7.92. The molecule has 0 aliphatic rings. The second-order valence-corrected chi connectivity index (χ2v) is 5.45. The van der Waals surface area contributed by atoms with E-state index < -0.39 is 0 Å². The Morgan fingerprint density at radius 1 is 1.24 bits per heavy atom. The van der Waals surface area contributed by atoms with Gasteiger partial charge in [-0.25, -0.2) is 0 Å². The number of benzene rings is 1. The van der Waals surface area contributed by atoms with Gasteiger partial charge in [0.1, 0.15) is 18.1 Å². The van der Waals surface area contributed by atoms with Gasteiger partial charge in [0.25, 0.3) is 5.91 Å². The molecule has 0 N–H and O–H groups in total. The van der Waals surface area contributed by atoms with Gasteiger partial charge in [0.15, 0.2) is 0 Å². The number of furan rings is 1. The lowest BCUT2D eigenvalue weighted by molar-refractivity contribution is 0.0732. The summed E-state index contributed by atoms with van der Waals surface area (Å²) in [4.78, 5) is 18.6. The van der Waals surface area contributed by atoms with Crippen LogP contribution >= 0.6 is 0 Å². The molecule has 1 aromatic carbocycles. The van der Waals surface area contributed by atoms with Crippen molar-refractivity contribution in [1.82, 2.24) is 15.0 Å². The highest BCUT2D eigenvalue weighted by Gasteiger charge is 2.21. The van der Waals surface area contributed by atoms with Gasteiger partial charge in [-0.3, -0.25) is 4.79 Å². The third-order valence-corrected chi connectivity index (χ3v) is 3.90. The van der Waals surface area contributed by atoms with Gasteiger partial charge in [0, 0.05) is 12.1 Å². The Bertz CT molecular complexity index is 851. The van der Waals surface area contributed by atoms with Crippen LogP contribution in [0.15, 0.2) is 45.5 Å². The molecule has 7 nitrogen and oxygen atoms in total. The van der Waals surface area contributed by atoms with Crippen LogP contribution in [0.2, 0.25) is 0 Å². The molecule has 7 heteroatoms. The van der Waals surface area contributed by atoms with Gasteiger partial charge in [-0.15, -0.1) is 0 Å². The van der Waals surface area contributed by atoms with E-state index in [0.717, 1.165) is 11.3 Å². The number of ether oxygens (including phenoxy) is 1. The van der Waals surface area contributed by atoms with Crippen molar-refractivity contribution in [3.8, 4) is 17.1 Å². The Morgan fingerprint density at radius 2 is 2.00 bits per heavy atom. The molecule has 0 aliphatic heterocycles. The van der Waals surface area contributed by atoms with Gasteiger partial charge in [-0.05, 0) is 44.2 Å². The van der Waals surface area contributed by atoms with Gasteiger partial charge < -0.3 is 18.6 Å². The number of aryl methyl sites for hydroxylation is 1. The minimum Gasteiger partial charge on any atom is -0.497 e. The molecule has 2 heterocycles. The zero-order chi connectivity index (χ0) is 17.8. The van der Waals surface area contributed by atoms with Crippen LogP contribution in [0.25, 0.3) is 11.4 Å². The van der Waals surface area contributed by atoms with E-state index in [4.69, 9.17) is 13.7 Å². The van der Waals surface area contributed by atoms with Crippen molar-refractivity contribution in [1.29, 1.82) is 0 Å². The molecule has 0 atom stereocenters. The van der Waals surface area contributed by atoms with E-state index >= 15 is 0 Å². The highest BCUT2D eigenvalue weighted by molar-refractivity contribution is 5.95. The maximum atomic E-state index is 12.6. The summed E-state index contributed by atoms with van der Waals surface area (Å²) in [5.41, 5.74) is 1.35. The molecular formula is C18H19N3O4. The van der Waals surface area contributed by atoms with Crippen molar-refractivity contribution in [3.05, 3.63) is 53.8 Å². The van der Waals surface area contributed by atoms with Crippen LogP contribution in [0.4, 0.5) is 0 Å². The molecule has 0 saturated heterocycles. The number of hydrogen-bond donors (Lipinski definition) is 0. The predicted molar refractivity (Wildman–Crippen MR) is 90.1 cm³/mol. The molecule has 0 aliphatic carbocycles. The summed E-state index contributed by atoms with van der Waals surface area (Å²) in [6.45, 7) is 4.41. The maximum Gasteiger partial charge on any atom is 0.257 e. The maximum absolute atomic E-state index is 12.6. The van der Waals surface area contributed by atoms with E-state index in [1.807, 2.05) is 31.2 Å². The summed E-state index contributed by atoms with van der Waals surface area (Å²) >= 11 is 0. The first kappa shape index (κ1) is 16.8. The van der Waals surface area contributed by atoms with Gasteiger partial charge >= 0.3 is 0 Å².